The van der Waals surface area contributed by atoms with Crippen LogP contribution in [0.25, 0.3) is 11.8 Å². The normalized spacial score (nSPS) is 12.9. The van der Waals surface area contributed by atoms with Crippen molar-refractivity contribution in [3.05, 3.63) is 55.5 Å². The predicted molar refractivity (Wildman–Crippen MR) is 123 cm³/mol. The summed E-state index contributed by atoms with van der Waals surface area (Å²) in [6.07, 6.45) is 1.58. The van der Waals surface area contributed by atoms with Gasteiger partial charge in [0.25, 0.3) is 11.4 Å². The molecule has 0 spiro atoms. The van der Waals surface area contributed by atoms with Crippen LogP contribution in [0.2, 0.25) is 0 Å². The van der Waals surface area contributed by atoms with Gasteiger partial charge in [-0.3, -0.25) is 14.2 Å². The number of nitriles is 1. The zero-order chi connectivity index (χ0) is 23.5. The van der Waals surface area contributed by atoms with Crippen LogP contribution < -0.4 is 25.4 Å². The summed E-state index contributed by atoms with van der Waals surface area (Å²) in [5.74, 6) is 0.389. The first-order valence-electron chi connectivity index (χ1n) is 9.97. The van der Waals surface area contributed by atoms with Crippen LogP contribution in [0.3, 0.4) is 0 Å². The lowest BCUT2D eigenvalue weighted by Gasteiger charge is -2.18. The van der Waals surface area contributed by atoms with Crippen LogP contribution in [0.15, 0.2) is 33.6 Å². The van der Waals surface area contributed by atoms with E-state index in [4.69, 9.17) is 4.52 Å². The molecule has 2 N–H and O–H groups in total. The second-order valence-corrected chi connectivity index (χ2v) is 9.06. The number of rotatable bonds is 5. The molecule has 10 heteroatoms. The van der Waals surface area contributed by atoms with Crippen LogP contribution in [0.5, 0.6) is 0 Å². The quantitative estimate of drug-likeness (QED) is 0.608. The third-order valence-corrected chi connectivity index (χ3v) is 5.59. The van der Waals surface area contributed by atoms with E-state index >= 15 is 0 Å². The zero-order valence-corrected chi connectivity index (χ0v) is 19.3. The van der Waals surface area contributed by atoms with Gasteiger partial charge in [-0.25, -0.2) is 0 Å². The second-order valence-electron chi connectivity index (χ2n) is 8.03. The number of benzene rings is 1. The molecule has 32 heavy (non-hydrogen) atoms. The molecule has 0 fully saturated rings. The molecule has 2 heterocycles. The fourth-order valence-corrected chi connectivity index (χ4v) is 3.81. The zero-order valence-electron chi connectivity index (χ0n) is 18.5. The topological polar surface area (TPSA) is 126 Å². The highest BCUT2D eigenvalue weighted by molar-refractivity contribution is 7.07. The highest BCUT2D eigenvalue weighted by Gasteiger charge is 2.21. The van der Waals surface area contributed by atoms with E-state index in [1.165, 1.54) is 4.57 Å². The van der Waals surface area contributed by atoms with Crippen molar-refractivity contribution in [1.29, 1.82) is 5.26 Å². The Morgan fingerprint density at radius 3 is 2.66 bits per heavy atom. The molecule has 0 atom stereocenters. The molecule has 3 rings (SSSR count). The lowest BCUT2D eigenvalue weighted by molar-refractivity contribution is -0.123. The number of amides is 1. The largest absolute Gasteiger partial charge is 0.360 e. The number of anilines is 2. The lowest BCUT2D eigenvalue weighted by Crippen LogP contribution is -2.31. The summed E-state index contributed by atoms with van der Waals surface area (Å²) in [5, 5.41) is 19.3. The highest BCUT2D eigenvalue weighted by Crippen LogP contribution is 2.20. The number of nitrogens with one attached hydrogen (secondary N) is 2. The number of nitrogens with zero attached hydrogens (tertiary/aromatic N) is 4. The summed E-state index contributed by atoms with van der Waals surface area (Å²) in [6, 6.07) is 9.27. The molecule has 0 saturated heterocycles. The van der Waals surface area contributed by atoms with E-state index in [1.807, 2.05) is 33.8 Å². The van der Waals surface area contributed by atoms with Crippen molar-refractivity contribution >= 4 is 40.4 Å². The molecular weight excluding hydrogens is 428 g/mol. The summed E-state index contributed by atoms with van der Waals surface area (Å²) in [6.45, 7) is 9.38. The fraction of sp³-hybridized carbons (Fsp3) is 0.318. The molecule has 0 aliphatic carbocycles. The predicted octanol–water partition coefficient (Wildman–Crippen LogP) is 2.18. The SMILES string of the molecule is CCn1c(=O)/c(=C\Nc2cccc(NC(=O)C(C)(C)C)c2)s/c1=C(/C#N)c1nc(C)no1. The molecule has 1 aromatic carbocycles. The Kier molecular flexibility index (Phi) is 6.60. The van der Waals surface area contributed by atoms with Crippen LogP contribution in [0.4, 0.5) is 11.4 Å². The van der Waals surface area contributed by atoms with Crippen molar-refractivity contribution < 1.29 is 9.32 Å². The van der Waals surface area contributed by atoms with Gasteiger partial charge in [0.15, 0.2) is 11.4 Å². The number of hydrogen-bond donors (Lipinski definition) is 2. The highest BCUT2D eigenvalue weighted by atomic mass is 32.1. The number of thiazole rings is 1. The summed E-state index contributed by atoms with van der Waals surface area (Å²) in [7, 11) is 0. The van der Waals surface area contributed by atoms with Gasteiger partial charge in [0, 0.05) is 29.5 Å². The van der Waals surface area contributed by atoms with E-state index in [-0.39, 0.29) is 22.9 Å². The maximum Gasteiger partial charge on any atom is 0.271 e. The van der Waals surface area contributed by atoms with Crippen molar-refractivity contribution in [2.75, 3.05) is 10.6 Å². The molecule has 0 unspecified atom stereocenters. The average Bonchev–Trinajstić information content (AvgIpc) is 3.30. The third-order valence-electron chi connectivity index (χ3n) is 4.46. The van der Waals surface area contributed by atoms with Crippen LogP contribution in [0.1, 0.15) is 39.4 Å². The molecule has 166 valence electrons. The van der Waals surface area contributed by atoms with Gasteiger partial charge in [0.05, 0.1) is 0 Å². The van der Waals surface area contributed by atoms with Gasteiger partial charge in [0.2, 0.25) is 5.91 Å². The number of aromatic nitrogens is 3. The number of carbonyl (C=O) groups excluding carboxylic acids is 1. The van der Waals surface area contributed by atoms with E-state index in [1.54, 1.807) is 31.3 Å². The fourth-order valence-electron chi connectivity index (χ4n) is 2.73. The summed E-state index contributed by atoms with van der Waals surface area (Å²) < 4.78 is 7.48. The van der Waals surface area contributed by atoms with Crippen molar-refractivity contribution in [2.24, 2.45) is 5.41 Å². The Balaban J connectivity index is 1.99. The number of carbonyl (C=O) groups is 1. The van der Waals surface area contributed by atoms with Crippen molar-refractivity contribution in [3.63, 3.8) is 0 Å². The second kappa shape index (κ2) is 9.20. The Morgan fingerprint density at radius 2 is 2.06 bits per heavy atom. The minimum atomic E-state index is -0.514. The Labute approximate surface area is 188 Å². The molecular formula is C22H24N6O3S. The molecule has 0 aliphatic rings. The van der Waals surface area contributed by atoms with Gasteiger partial charge in [-0.05, 0) is 32.0 Å². The molecule has 2 aromatic heterocycles. The van der Waals surface area contributed by atoms with Gasteiger partial charge in [0.1, 0.15) is 15.3 Å². The smallest absolute Gasteiger partial charge is 0.271 e. The first-order valence-corrected chi connectivity index (χ1v) is 10.8. The van der Waals surface area contributed by atoms with Crippen LogP contribution in [-0.4, -0.2) is 20.6 Å². The van der Waals surface area contributed by atoms with E-state index in [0.717, 1.165) is 11.3 Å². The number of hydrogen-bond acceptors (Lipinski definition) is 8. The van der Waals surface area contributed by atoms with Crippen molar-refractivity contribution in [1.82, 2.24) is 14.7 Å². The average molecular weight is 453 g/mol. The third kappa shape index (κ3) is 4.95. The summed E-state index contributed by atoms with van der Waals surface area (Å²) in [4.78, 5) is 29.2. The van der Waals surface area contributed by atoms with E-state index in [0.29, 0.717) is 32.9 Å². The molecule has 0 bridgehead atoms. The van der Waals surface area contributed by atoms with Gasteiger partial charge in [-0.1, -0.05) is 32.0 Å². The molecule has 9 nitrogen and oxygen atoms in total. The van der Waals surface area contributed by atoms with Crippen molar-refractivity contribution in [3.8, 4) is 6.07 Å². The van der Waals surface area contributed by atoms with Crippen LogP contribution >= 0.6 is 11.3 Å². The molecule has 3 aromatic rings. The van der Waals surface area contributed by atoms with Crippen LogP contribution in [-0.2, 0) is 11.3 Å². The maximum atomic E-state index is 12.9. The van der Waals surface area contributed by atoms with Crippen LogP contribution in [0, 0.1) is 23.7 Å². The van der Waals surface area contributed by atoms with E-state index in [9.17, 15) is 14.9 Å². The molecule has 0 aliphatic heterocycles. The minimum Gasteiger partial charge on any atom is -0.360 e. The Hall–Kier alpha value is -3.71. The maximum absolute atomic E-state index is 12.9. The number of aryl methyl sites for hydroxylation is 1. The lowest BCUT2D eigenvalue weighted by atomic mass is 9.95. The monoisotopic (exact) mass is 452 g/mol. The Bertz CT molecular complexity index is 1370. The minimum absolute atomic E-state index is 0.0789. The van der Waals surface area contributed by atoms with Gasteiger partial charge in [-0.2, -0.15) is 10.2 Å². The summed E-state index contributed by atoms with van der Waals surface area (Å²) in [5.41, 5.74) is 0.751. The molecule has 1 amide bonds. The Morgan fingerprint density at radius 1 is 1.34 bits per heavy atom. The van der Waals surface area contributed by atoms with E-state index < -0.39 is 5.41 Å². The van der Waals surface area contributed by atoms with Gasteiger partial charge in [-0.15, -0.1) is 11.3 Å². The van der Waals surface area contributed by atoms with E-state index in [2.05, 4.69) is 26.8 Å². The molecule has 0 saturated carbocycles. The molecule has 0 radical (unpaired) electrons. The first-order chi connectivity index (χ1) is 15.1. The standard InChI is InChI=1S/C22H24N6O3S/c1-6-28-19(29)17(32-20(28)16(11-23)18-25-13(2)27-31-18)12-24-14-8-7-9-15(10-14)26-21(30)22(3,4)5/h7-10,12,24H,6H2,1-5H3,(H,26,30)/b17-12+,20-16-. The summed E-state index contributed by atoms with van der Waals surface area (Å²) >= 11 is 1.16. The van der Waals surface area contributed by atoms with Crippen molar-refractivity contribution in [2.45, 2.75) is 41.2 Å². The van der Waals surface area contributed by atoms with Gasteiger partial charge < -0.3 is 15.2 Å². The van der Waals surface area contributed by atoms with Gasteiger partial charge >= 0.3 is 0 Å². The first kappa shape index (κ1) is 23.0.